The van der Waals surface area contributed by atoms with Gasteiger partial charge in [0.15, 0.2) is 5.78 Å². The van der Waals surface area contributed by atoms with Gasteiger partial charge in [0, 0.05) is 12.5 Å². The number of anilines is 1. The summed E-state index contributed by atoms with van der Waals surface area (Å²) in [6.45, 7) is 7.41. The van der Waals surface area contributed by atoms with Crippen LogP contribution >= 0.6 is 0 Å². The quantitative estimate of drug-likeness (QED) is 0.859. The van der Waals surface area contributed by atoms with Crippen molar-refractivity contribution in [2.24, 2.45) is 5.10 Å². The van der Waals surface area contributed by atoms with Gasteiger partial charge in [-0.1, -0.05) is 48.5 Å². The molecule has 28 heavy (non-hydrogen) atoms. The summed E-state index contributed by atoms with van der Waals surface area (Å²) >= 11 is 0. The van der Waals surface area contributed by atoms with E-state index in [0.29, 0.717) is 5.71 Å². The van der Waals surface area contributed by atoms with Crippen molar-refractivity contribution in [3.8, 4) is 0 Å². The fourth-order valence-electron chi connectivity index (χ4n) is 3.60. The minimum absolute atomic E-state index is 0.0561. The number of ketones is 1. The van der Waals surface area contributed by atoms with Crippen molar-refractivity contribution in [3.05, 3.63) is 66.2 Å². The number of hydrogen-bond donors (Lipinski definition) is 1. The van der Waals surface area contributed by atoms with E-state index in [1.807, 2.05) is 86.4 Å². The predicted octanol–water partition coefficient (Wildman–Crippen LogP) is 3.91. The summed E-state index contributed by atoms with van der Waals surface area (Å²) in [4.78, 5) is 25.2. The Labute approximate surface area is 166 Å². The molecule has 0 bridgehead atoms. The summed E-state index contributed by atoms with van der Waals surface area (Å²) < 4.78 is 0. The van der Waals surface area contributed by atoms with Gasteiger partial charge in [-0.2, -0.15) is 5.10 Å². The van der Waals surface area contributed by atoms with Gasteiger partial charge in [-0.15, -0.1) is 0 Å². The van der Waals surface area contributed by atoms with Crippen LogP contribution in [0.3, 0.4) is 0 Å². The molecule has 1 heterocycles. The van der Waals surface area contributed by atoms with Gasteiger partial charge in [-0.05, 0) is 38.5 Å². The number of rotatable bonds is 5. The predicted molar refractivity (Wildman–Crippen MR) is 113 cm³/mol. The number of Topliss-reactive ketones (excluding diaryl/α,β-unsaturated/α-hetero) is 1. The molecule has 0 fully saturated rings. The van der Waals surface area contributed by atoms with E-state index in [2.05, 4.69) is 10.4 Å². The zero-order valence-electron chi connectivity index (χ0n) is 16.8. The lowest BCUT2D eigenvalue weighted by atomic mass is 9.84. The van der Waals surface area contributed by atoms with Crippen LogP contribution in [0.2, 0.25) is 0 Å². The smallest absolute Gasteiger partial charge is 0.222 e. The Kier molecular flexibility index (Phi) is 5.63. The Morgan fingerprint density at radius 2 is 1.57 bits per heavy atom. The summed E-state index contributed by atoms with van der Waals surface area (Å²) in [5, 5.41) is 9.53. The van der Waals surface area contributed by atoms with Gasteiger partial charge in [0.25, 0.3) is 0 Å². The molecule has 0 saturated carbocycles. The first-order valence-corrected chi connectivity index (χ1v) is 9.56. The number of carbonyl (C=O) groups is 2. The molecule has 2 aromatic rings. The molecule has 0 aromatic heterocycles. The Morgan fingerprint density at radius 1 is 1.00 bits per heavy atom. The molecule has 1 aliphatic rings. The zero-order valence-corrected chi connectivity index (χ0v) is 16.8. The highest BCUT2D eigenvalue weighted by atomic mass is 16.2. The molecule has 2 aromatic carbocycles. The van der Waals surface area contributed by atoms with Crippen LogP contribution in [-0.4, -0.2) is 29.0 Å². The van der Waals surface area contributed by atoms with E-state index in [1.54, 1.807) is 0 Å². The van der Waals surface area contributed by atoms with E-state index in [4.69, 9.17) is 0 Å². The zero-order chi connectivity index (χ0) is 20.3. The average molecular weight is 377 g/mol. The third-order valence-corrected chi connectivity index (χ3v) is 4.66. The van der Waals surface area contributed by atoms with Crippen molar-refractivity contribution in [1.29, 1.82) is 0 Å². The van der Waals surface area contributed by atoms with Crippen molar-refractivity contribution in [3.63, 3.8) is 0 Å². The number of para-hydroxylation sites is 1. The summed E-state index contributed by atoms with van der Waals surface area (Å²) in [5.74, 6) is -0.391. The van der Waals surface area contributed by atoms with Gasteiger partial charge < -0.3 is 5.32 Å². The van der Waals surface area contributed by atoms with E-state index in [-0.39, 0.29) is 35.6 Å². The first-order valence-electron chi connectivity index (χ1n) is 9.56. The van der Waals surface area contributed by atoms with Gasteiger partial charge in [-0.3, -0.25) is 14.6 Å². The van der Waals surface area contributed by atoms with Crippen LogP contribution in [0.25, 0.3) is 0 Å². The van der Waals surface area contributed by atoms with Gasteiger partial charge in [0.2, 0.25) is 5.91 Å². The van der Waals surface area contributed by atoms with Crippen LogP contribution in [-0.2, 0) is 9.59 Å². The highest BCUT2D eigenvalue weighted by molar-refractivity contribution is 6.42. The molecule has 1 aliphatic heterocycles. The summed E-state index contributed by atoms with van der Waals surface area (Å²) in [5.41, 5.74) is 2.03. The maximum Gasteiger partial charge on any atom is 0.222 e. The van der Waals surface area contributed by atoms with Crippen molar-refractivity contribution in [2.45, 2.75) is 51.6 Å². The maximum absolute atomic E-state index is 12.8. The van der Waals surface area contributed by atoms with Crippen LogP contribution in [0.1, 0.15) is 45.6 Å². The van der Waals surface area contributed by atoms with Gasteiger partial charge in [0.05, 0.1) is 24.1 Å². The second-order valence-electron chi connectivity index (χ2n) is 8.18. The Morgan fingerprint density at radius 3 is 2.11 bits per heavy atom. The van der Waals surface area contributed by atoms with Crippen LogP contribution in [0, 0.1) is 0 Å². The van der Waals surface area contributed by atoms with Crippen molar-refractivity contribution >= 4 is 23.1 Å². The fraction of sp³-hybridized carbons (Fsp3) is 0.348. The number of hydrogen-bond acceptors (Lipinski definition) is 4. The van der Waals surface area contributed by atoms with Crippen molar-refractivity contribution in [1.82, 2.24) is 5.32 Å². The molecule has 3 rings (SSSR count). The Bertz CT molecular complexity index is 870. The lowest BCUT2D eigenvalue weighted by Gasteiger charge is -2.29. The summed E-state index contributed by atoms with van der Waals surface area (Å²) in [7, 11) is 0. The third-order valence-electron chi connectivity index (χ3n) is 4.66. The average Bonchev–Trinajstić information content (AvgIpc) is 3.01. The second kappa shape index (κ2) is 7.97. The standard InChI is InChI=1S/C23H27N3O2/c1-16(27)22-21(17-11-7-5-8-12-17)19(15-20(28)24-23(2,3)4)26(25-22)18-13-9-6-10-14-18/h5-14,19,21H,15H2,1-4H3,(H,24,28)/t19-,21-/m1/s1. The Hall–Kier alpha value is -2.95. The van der Waals surface area contributed by atoms with E-state index in [0.717, 1.165) is 11.3 Å². The van der Waals surface area contributed by atoms with Crippen molar-refractivity contribution in [2.75, 3.05) is 5.01 Å². The first-order chi connectivity index (χ1) is 13.3. The molecule has 2 atom stereocenters. The molecule has 5 nitrogen and oxygen atoms in total. The van der Waals surface area contributed by atoms with Crippen molar-refractivity contribution < 1.29 is 9.59 Å². The molecule has 0 saturated heterocycles. The van der Waals surface area contributed by atoms with Crippen LogP contribution in [0.5, 0.6) is 0 Å². The van der Waals surface area contributed by atoms with E-state index in [9.17, 15) is 9.59 Å². The normalized spacial score (nSPS) is 19.3. The highest BCUT2D eigenvalue weighted by Gasteiger charge is 2.42. The lowest BCUT2D eigenvalue weighted by molar-refractivity contribution is -0.123. The van der Waals surface area contributed by atoms with Gasteiger partial charge in [-0.25, -0.2) is 0 Å². The van der Waals surface area contributed by atoms with Crippen LogP contribution in [0.4, 0.5) is 5.69 Å². The Balaban J connectivity index is 2.02. The lowest BCUT2D eigenvalue weighted by Crippen LogP contribution is -2.44. The fourth-order valence-corrected chi connectivity index (χ4v) is 3.60. The van der Waals surface area contributed by atoms with E-state index >= 15 is 0 Å². The maximum atomic E-state index is 12.8. The molecule has 0 spiro atoms. The van der Waals surface area contributed by atoms with Gasteiger partial charge in [0.1, 0.15) is 5.71 Å². The molecule has 1 amide bonds. The molecule has 1 N–H and O–H groups in total. The molecular formula is C23H27N3O2. The SMILES string of the molecule is CC(=O)C1=NN(c2ccccc2)[C@H](CC(=O)NC(C)(C)C)[C@H]1c1ccccc1. The molecule has 0 aliphatic carbocycles. The van der Waals surface area contributed by atoms with E-state index in [1.165, 1.54) is 6.92 Å². The third kappa shape index (κ3) is 4.47. The number of benzene rings is 2. The molecule has 0 radical (unpaired) electrons. The first kappa shape index (κ1) is 19.8. The van der Waals surface area contributed by atoms with Gasteiger partial charge >= 0.3 is 0 Å². The minimum atomic E-state index is -0.320. The molecule has 0 unspecified atom stereocenters. The van der Waals surface area contributed by atoms with Crippen LogP contribution in [0.15, 0.2) is 65.8 Å². The largest absolute Gasteiger partial charge is 0.351 e. The molecule has 5 heteroatoms. The van der Waals surface area contributed by atoms with Crippen LogP contribution < -0.4 is 10.3 Å². The second-order valence-corrected chi connectivity index (χ2v) is 8.18. The molecular weight excluding hydrogens is 350 g/mol. The monoisotopic (exact) mass is 377 g/mol. The summed E-state index contributed by atoms with van der Waals surface area (Å²) in [6, 6.07) is 19.2. The number of carbonyl (C=O) groups excluding carboxylic acids is 2. The number of nitrogens with zero attached hydrogens (tertiary/aromatic N) is 2. The number of amides is 1. The summed E-state index contributed by atoms with van der Waals surface area (Å²) in [6.07, 6.45) is 0.242. The minimum Gasteiger partial charge on any atom is -0.351 e. The highest BCUT2D eigenvalue weighted by Crippen LogP contribution is 2.37. The number of hydrazone groups is 1. The number of nitrogens with one attached hydrogen (secondary N) is 1. The topological polar surface area (TPSA) is 61.8 Å². The molecule has 146 valence electrons. The van der Waals surface area contributed by atoms with E-state index < -0.39 is 0 Å².